The molecule has 0 bridgehead atoms. The quantitative estimate of drug-likeness (QED) is 0.774. The summed E-state index contributed by atoms with van der Waals surface area (Å²) >= 11 is 6.17. The molecule has 0 amide bonds. The zero-order valence-corrected chi connectivity index (χ0v) is 11.3. The molecule has 1 heterocycles. The summed E-state index contributed by atoms with van der Waals surface area (Å²) in [5.41, 5.74) is 0.812. The van der Waals surface area contributed by atoms with E-state index in [1.54, 1.807) is 4.68 Å². The number of benzene rings is 1. The SMILES string of the molecule is Cc1nc(C(C)(C)C)nn1-c1ccccc1Cl. The van der Waals surface area contributed by atoms with E-state index in [4.69, 9.17) is 11.6 Å². The van der Waals surface area contributed by atoms with Gasteiger partial charge >= 0.3 is 0 Å². The minimum Gasteiger partial charge on any atom is -0.216 e. The van der Waals surface area contributed by atoms with Gasteiger partial charge in [-0.2, -0.15) is 5.10 Å². The first kappa shape index (κ1) is 12.1. The second kappa shape index (κ2) is 4.15. The van der Waals surface area contributed by atoms with E-state index < -0.39 is 0 Å². The highest BCUT2D eigenvalue weighted by molar-refractivity contribution is 6.32. The van der Waals surface area contributed by atoms with Crippen LogP contribution in [0.4, 0.5) is 0 Å². The largest absolute Gasteiger partial charge is 0.216 e. The zero-order valence-electron chi connectivity index (χ0n) is 10.5. The van der Waals surface area contributed by atoms with Crippen LogP contribution in [0.15, 0.2) is 24.3 Å². The number of para-hydroxylation sites is 1. The summed E-state index contributed by atoms with van der Waals surface area (Å²) in [5.74, 6) is 1.68. The first-order chi connectivity index (χ1) is 7.89. The molecule has 17 heavy (non-hydrogen) atoms. The monoisotopic (exact) mass is 249 g/mol. The molecule has 1 aromatic carbocycles. The molecule has 0 atom stereocenters. The molecule has 1 aromatic heterocycles. The fraction of sp³-hybridized carbons (Fsp3) is 0.385. The third kappa shape index (κ3) is 2.34. The van der Waals surface area contributed by atoms with Gasteiger partial charge < -0.3 is 0 Å². The average Bonchev–Trinajstić information content (AvgIpc) is 2.61. The first-order valence-corrected chi connectivity index (χ1v) is 5.96. The lowest BCUT2D eigenvalue weighted by Gasteiger charge is -2.12. The molecule has 0 aliphatic rings. The van der Waals surface area contributed by atoms with Gasteiger partial charge in [-0.05, 0) is 19.1 Å². The molecule has 90 valence electrons. The summed E-state index contributed by atoms with van der Waals surface area (Å²) in [6.07, 6.45) is 0. The average molecular weight is 250 g/mol. The minimum atomic E-state index is -0.0583. The van der Waals surface area contributed by atoms with Crippen LogP contribution in [0.2, 0.25) is 5.02 Å². The maximum absolute atomic E-state index is 6.17. The predicted molar refractivity (Wildman–Crippen MR) is 69.8 cm³/mol. The minimum absolute atomic E-state index is 0.0583. The third-order valence-corrected chi connectivity index (χ3v) is 2.84. The van der Waals surface area contributed by atoms with Crippen molar-refractivity contribution in [3.63, 3.8) is 0 Å². The molecule has 0 spiro atoms. The molecule has 0 unspecified atom stereocenters. The Morgan fingerprint density at radius 3 is 2.35 bits per heavy atom. The Hall–Kier alpha value is -1.35. The Labute approximate surface area is 106 Å². The number of hydrogen-bond acceptors (Lipinski definition) is 2. The molecular weight excluding hydrogens is 234 g/mol. The number of halogens is 1. The van der Waals surface area contributed by atoms with Crippen molar-refractivity contribution >= 4 is 11.6 Å². The van der Waals surface area contributed by atoms with Gasteiger partial charge in [-0.1, -0.05) is 44.5 Å². The van der Waals surface area contributed by atoms with Crippen LogP contribution in [0.1, 0.15) is 32.4 Å². The van der Waals surface area contributed by atoms with E-state index in [1.807, 2.05) is 31.2 Å². The fourth-order valence-electron chi connectivity index (χ4n) is 1.56. The lowest BCUT2D eigenvalue weighted by atomic mass is 9.96. The summed E-state index contributed by atoms with van der Waals surface area (Å²) in [6.45, 7) is 8.22. The second-order valence-electron chi connectivity index (χ2n) is 5.10. The summed E-state index contributed by atoms with van der Waals surface area (Å²) < 4.78 is 1.79. The van der Waals surface area contributed by atoms with Gasteiger partial charge in [0.2, 0.25) is 0 Å². The van der Waals surface area contributed by atoms with Crippen LogP contribution >= 0.6 is 11.6 Å². The number of aromatic nitrogens is 3. The van der Waals surface area contributed by atoms with Crippen molar-refractivity contribution in [2.45, 2.75) is 33.1 Å². The van der Waals surface area contributed by atoms with Gasteiger partial charge in [-0.25, -0.2) is 9.67 Å². The predicted octanol–water partition coefficient (Wildman–Crippen LogP) is 3.53. The van der Waals surface area contributed by atoms with E-state index in [1.165, 1.54) is 0 Å². The van der Waals surface area contributed by atoms with E-state index in [9.17, 15) is 0 Å². The summed E-state index contributed by atoms with van der Waals surface area (Å²) in [7, 11) is 0. The third-order valence-electron chi connectivity index (χ3n) is 2.52. The van der Waals surface area contributed by atoms with E-state index in [0.717, 1.165) is 17.3 Å². The Kier molecular flexibility index (Phi) is 2.96. The molecule has 0 saturated carbocycles. The van der Waals surface area contributed by atoms with Crippen LogP contribution in [0.5, 0.6) is 0 Å². The molecule has 0 aliphatic carbocycles. The van der Waals surface area contributed by atoms with E-state index in [2.05, 4.69) is 30.9 Å². The van der Waals surface area contributed by atoms with Crippen LogP contribution in [-0.4, -0.2) is 14.8 Å². The molecular formula is C13H16ClN3. The molecule has 2 rings (SSSR count). The Morgan fingerprint density at radius 1 is 1.18 bits per heavy atom. The number of hydrogen-bond donors (Lipinski definition) is 0. The van der Waals surface area contributed by atoms with E-state index >= 15 is 0 Å². The Balaban J connectivity index is 2.55. The fourth-order valence-corrected chi connectivity index (χ4v) is 1.78. The number of aryl methyl sites for hydroxylation is 1. The number of rotatable bonds is 1. The summed E-state index contributed by atoms with van der Waals surface area (Å²) in [6, 6.07) is 7.65. The summed E-state index contributed by atoms with van der Waals surface area (Å²) in [4.78, 5) is 4.49. The highest BCUT2D eigenvalue weighted by Crippen LogP contribution is 2.23. The van der Waals surface area contributed by atoms with Gasteiger partial charge in [-0.15, -0.1) is 0 Å². The van der Waals surface area contributed by atoms with Gasteiger partial charge in [0, 0.05) is 5.41 Å². The van der Waals surface area contributed by atoms with Crippen LogP contribution in [0, 0.1) is 6.92 Å². The van der Waals surface area contributed by atoms with Crippen molar-refractivity contribution < 1.29 is 0 Å². The van der Waals surface area contributed by atoms with Crippen molar-refractivity contribution in [2.75, 3.05) is 0 Å². The maximum atomic E-state index is 6.17. The maximum Gasteiger partial charge on any atom is 0.156 e. The van der Waals surface area contributed by atoms with Gasteiger partial charge in [0.25, 0.3) is 0 Å². The topological polar surface area (TPSA) is 30.7 Å². The van der Waals surface area contributed by atoms with Crippen LogP contribution < -0.4 is 0 Å². The van der Waals surface area contributed by atoms with Crippen molar-refractivity contribution in [1.82, 2.24) is 14.8 Å². The Morgan fingerprint density at radius 2 is 1.82 bits per heavy atom. The zero-order chi connectivity index (χ0) is 12.6. The van der Waals surface area contributed by atoms with Crippen LogP contribution in [0.3, 0.4) is 0 Å². The second-order valence-corrected chi connectivity index (χ2v) is 5.50. The standard InChI is InChI=1S/C13H16ClN3/c1-9-15-12(13(2,3)4)16-17(9)11-8-6-5-7-10(11)14/h5-8H,1-4H3. The molecule has 0 aliphatic heterocycles. The molecule has 2 aromatic rings. The van der Waals surface area contributed by atoms with Crippen LogP contribution in [0.25, 0.3) is 5.69 Å². The molecule has 0 radical (unpaired) electrons. The van der Waals surface area contributed by atoms with Gasteiger partial charge in [-0.3, -0.25) is 0 Å². The van der Waals surface area contributed by atoms with Crippen molar-refractivity contribution in [1.29, 1.82) is 0 Å². The van der Waals surface area contributed by atoms with Gasteiger partial charge in [0.1, 0.15) is 5.82 Å². The molecule has 4 heteroatoms. The van der Waals surface area contributed by atoms with Crippen molar-refractivity contribution in [3.05, 3.63) is 40.9 Å². The van der Waals surface area contributed by atoms with E-state index in [0.29, 0.717) is 5.02 Å². The summed E-state index contributed by atoms with van der Waals surface area (Å²) in [5, 5.41) is 5.21. The van der Waals surface area contributed by atoms with Crippen molar-refractivity contribution in [3.8, 4) is 5.69 Å². The highest BCUT2D eigenvalue weighted by atomic mass is 35.5. The molecule has 0 N–H and O–H groups in total. The molecule has 0 saturated heterocycles. The highest BCUT2D eigenvalue weighted by Gasteiger charge is 2.21. The first-order valence-electron chi connectivity index (χ1n) is 5.58. The lowest BCUT2D eigenvalue weighted by Crippen LogP contribution is -2.14. The van der Waals surface area contributed by atoms with Gasteiger partial charge in [0.15, 0.2) is 5.82 Å². The normalized spacial score (nSPS) is 11.8. The van der Waals surface area contributed by atoms with Crippen LogP contribution in [-0.2, 0) is 5.41 Å². The Bertz CT molecular complexity index is 538. The number of nitrogens with zero attached hydrogens (tertiary/aromatic N) is 3. The van der Waals surface area contributed by atoms with Crippen molar-refractivity contribution in [2.24, 2.45) is 0 Å². The lowest BCUT2D eigenvalue weighted by molar-refractivity contribution is 0.543. The smallest absolute Gasteiger partial charge is 0.156 e. The molecule has 3 nitrogen and oxygen atoms in total. The van der Waals surface area contributed by atoms with E-state index in [-0.39, 0.29) is 5.41 Å². The molecule has 0 fully saturated rings. The van der Waals surface area contributed by atoms with Gasteiger partial charge in [0.05, 0.1) is 10.7 Å².